The van der Waals surface area contributed by atoms with Gasteiger partial charge in [-0.15, -0.1) is 0 Å². The number of carbonyl (C=O) groups is 2. The second kappa shape index (κ2) is 11.8. The highest BCUT2D eigenvalue weighted by molar-refractivity contribution is 7.92. The molecule has 210 valence electrons. The molecule has 0 aliphatic heterocycles. The van der Waals surface area contributed by atoms with Crippen LogP contribution in [0.3, 0.4) is 0 Å². The SMILES string of the molecule is COc1ccc(CN(C(=O)CN(c2cc(C(F)(F)F)ccc2Cl)S(C)(=O)=O)C(C)C(=O)NC(C)(C)C)cc1. The quantitative estimate of drug-likeness (QED) is 0.475. The number of methoxy groups -OCH3 is 1. The van der Waals surface area contributed by atoms with Crippen LogP contribution in [0, 0.1) is 0 Å². The molecule has 0 radical (unpaired) electrons. The number of carbonyl (C=O) groups excluding carboxylic acids is 2. The Kier molecular flexibility index (Phi) is 9.71. The first-order valence-electron chi connectivity index (χ1n) is 11.4. The number of benzene rings is 2. The summed E-state index contributed by atoms with van der Waals surface area (Å²) in [5.41, 5.74) is -1.65. The van der Waals surface area contributed by atoms with E-state index in [0.717, 1.165) is 17.2 Å². The number of sulfonamides is 1. The van der Waals surface area contributed by atoms with E-state index in [1.54, 1.807) is 45.0 Å². The topological polar surface area (TPSA) is 96.0 Å². The number of nitrogens with one attached hydrogen (secondary N) is 1. The maximum Gasteiger partial charge on any atom is 0.416 e. The van der Waals surface area contributed by atoms with Gasteiger partial charge in [-0.2, -0.15) is 13.2 Å². The van der Waals surface area contributed by atoms with Gasteiger partial charge < -0.3 is 15.0 Å². The fourth-order valence-electron chi connectivity index (χ4n) is 3.46. The number of alkyl halides is 3. The Morgan fingerprint density at radius 1 is 1.08 bits per heavy atom. The van der Waals surface area contributed by atoms with Crippen LogP contribution in [0.1, 0.15) is 38.8 Å². The predicted octanol–water partition coefficient (Wildman–Crippen LogP) is 4.47. The van der Waals surface area contributed by atoms with Crippen LogP contribution < -0.4 is 14.4 Å². The zero-order chi connectivity index (χ0) is 29.1. The van der Waals surface area contributed by atoms with Crippen LogP contribution >= 0.6 is 11.6 Å². The summed E-state index contributed by atoms with van der Waals surface area (Å²) < 4.78 is 70.9. The van der Waals surface area contributed by atoms with Gasteiger partial charge in [-0.3, -0.25) is 13.9 Å². The monoisotopic (exact) mass is 577 g/mol. The first kappa shape index (κ1) is 31.2. The summed E-state index contributed by atoms with van der Waals surface area (Å²) >= 11 is 6.08. The number of hydrogen-bond donors (Lipinski definition) is 1. The number of rotatable bonds is 9. The van der Waals surface area contributed by atoms with Gasteiger partial charge >= 0.3 is 6.18 Å². The van der Waals surface area contributed by atoms with Gasteiger partial charge in [0.2, 0.25) is 21.8 Å². The molecule has 2 aromatic rings. The molecule has 0 heterocycles. The maximum absolute atomic E-state index is 13.6. The lowest BCUT2D eigenvalue weighted by atomic mass is 10.1. The fraction of sp³-hybridized carbons (Fsp3) is 0.440. The Morgan fingerprint density at radius 3 is 2.13 bits per heavy atom. The third kappa shape index (κ3) is 8.52. The smallest absolute Gasteiger partial charge is 0.416 e. The fourth-order valence-corrected chi connectivity index (χ4v) is 4.58. The van der Waals surface area contributed by atoms with E-state index in [0.29, 0.717) is 27.8 Å². The van der Waals surface area contributed by atoms with Gasteiger partial charge in [0, 0.05) is 12.1 Å². The Balaban J connectivity index is 2.51. The van der Waals surface area contributed by atoms with E-state index in [2.05, 4.69) is 5.32 Å². The van der Waals surface area contributed by atoms with Crippen molar-refractivity contribution < 1.29 is 35.9 Å². The van der Waals surface area contributed by atoms with Crippen molar-refractivity contribution >= 4 is 39.1 Å². The number of nitrogens with zero attached hydrogens (tertiary/aromatic N) is 2. The van der Waals surface area contributed by atoms with Crippen molar-refractivity contribution in [1.82, 2.24) is 10.2 Å². The summed E-state index contributed by atoms with van der Waals surface area (Å²) in [5.74, 6) is -0.758. The number of hydrogen-bond acceptors (Lipinski definition) is 5. The Hall–Kier alpha value is -2.99. The average Bonchev–Trinajstić information content (AvgIpc) is 2.78. The van der Waals surface area contributed by atoms with Gasteiger partial charge in [0.05, 0.1) is 29.6 Å². The van der Waals surface area contributed by atoms with Gasteiger partial charge in [0.1, 0.15) is 18.3 Å². The van der Waals surface area contributed by atoms with E-state index in [-0.39, 0.29) is 11.6 Å². The van der Waals surface area contributed by atoms with E-state index in [4.69, 9.17) is 16.3 Å². The normalized spacial score (nSPS) is 13.0. The molecule has 0 aliphatic rings. The molecule has 0 saturated carbocycles. The lowest BCUT2D eigenvalue weighted by Gasteiger charge is -2.33. The largest absolute Gasteiger partial charge is 0.497 e. The van der Waals surface area contributed by atoms with Crippen LogP contribution in [-0.2, 0) is 32.3 Å². The summed E-state index contributed by atoms with van der Waals surface area (Å²) in [6.07, 6.45) is -4.02. The maximum atomic E-state index is 13.6. The Morgan fingerprint density at radius 2 is 1.66 bits per heavy atom. The van der Waals surface area contributed by atoms with E-state index >= 15 is 0 Å². The molecular weight excluding hydrogens is 547 g/mol. The number of anilines is 1. The second-order valence-corrected chi connectivity index (χ2v) is 12.0. The molecular formula is C25H31ClF3N3O5S. The molecule has 1 unspecified atom stereocenters. The van der Waals surface area contributed by atoms with Gasteiger partial charge in [-0.25, -0.2) is 8.42 Å². The second-order valence-electron chi connectivity index (χ2n) is 9.72. The number of ether oxygens (including phenoxy) is 1. The van der Waals surface area contributed by atoms with E-state index < -0.39 is 57.4 Å². The van der Waals surface area contributed by atoms with Crippen molar-refractivity contribution in [2.75, 3.05) is 24.2 Å². The van der Waals surface area contributed by atoms with Gasteiger partial charge in [0.25, 0.3) is 0 Å². The molecule has 0 saturated heterocycles. The number of halogens is 4. The van der Waals surface area contributed by atoms with Crippen molar-refractivity contribution in [2.45, 2.75) is 52.0 Å². The summed E-state index contributed by atoms with van der Waals surface area (Å²) in [4.78, 5) is 27.7. The molecule has 2 rings (SSSR count). The van der Waals surface area contributed by atoms with Crippen molar-refractivity contribution in [3.63, 3.8) is 0 Å². The Labute approximate surface area is 225 Å². The standard InChI is InChI=1S/C25H31ClF3N3O5S/c1-16(23(34)30-24(2,3)4)31(14-17-7-10-19(37-5)11-8-17)22(33)15-32(38(6,35)36)21-13-18(25(27,28)29)9-12-20(21)26/h7-13,16H,14-15H2,1-6H3,(H,30,34). The summed E-state index contributed by atoms with van der Waals surface area (Å²) in [7, 11) is -2.78. The molecule has 0 fully saturated rings. The van der Waals surface area contributed by atoms with Crippen LogP contribution in [0.4, 0.5) is 18.9 Å². The number of amides is 2. The van der Waals surface area contributed by atoms with E-state index in [1.807, 2.05) is 0 Å². The Bertz CT molecular complexity index is 1260. The zero-order valence-electron chi connectivity index (χ0n) is 21.9. The minimum absolute atomic E-state index is 0.0878. The first-order valence-corrected chi connectivity index (χ1v) is 13.6. The molecule has 0 aliphatic carbocycles. The van der Waals surface area contributed by atoms with E-state index in [1.165, 1.54) is 14.0 Å². The third-order valence-corrected chi connectivity index (χ3v) is 6.84. The van der Waals surface area contributed by atoms with E-state index in [9.17, 15) is 31.2 Å². The van der Waals surface area contributed by atoms with Crippen LogP contribution in [0.5, 0.6) is 5.75 Å². The molecule has 8 nitrogen and oxygen atoms in total. The van der Waals surface area contributed by atoms with Crippen LogP contribution in [0.25, 0.3) is 0 Å². The predicted molar refractivity (Wildman–Crippen MR) is 140 cm³/mol. The average molecular weight is 578 g/mol. The van der Waals surface area contributed by atoms with Crippen molar-refractivity contribution in [2.24, 2.45) is 0 Å². The molecule has 38 heavy (non-hydrogen) atoms. The van der Waals surface area contributed by atoms with Crippen molar-refractivity contribution in [3.05, 3.63) is 58.6 Å². The summed E-state index contributed by atoms with van der Waals surface area (Å²) in [6, 6.07) is 7.80. The van der Waals surface area contributed by atoms with Gasteiger partial charge in [-0.1, -0.05) is 23.7 Å². The van der Waals surface area contributed by atoms with Gasteiger partial charge in [0.15, 0.2) is 0 Å². The minimum Gasteiger partial charge on any atom is -0.497 e. The zero-order valence-corrected chi connectivity index (χ0v) is 23.5. The first-order chi connectivity index (χ1) is 17.3. The molecule has 2 aromatic carbocycles. The summed E-state index contributed by atoms with van der Waals surface area (Å²) in [6.45, 7) is 5.78. The van der Waals surface area contributed by atoms with Crippen LogP contribution in [0.15, 0.2) is 42.5 Å². The third-order valence-electron chi connectivity index (χ3n) is 5.40. The van der Waals surface area contributed by atoms with Crippen molar-refractivity contribution in [1.29, 1.82) is 0 Å². The van der Waals surface area contributed by atoms with Gasteiger partial charge in [-0.05, 0) is 63.6 Å². The molecule has 0 bridgehead atoms. The molecule has 13 heteroatoms. The summed E-state index contributed by atoms with van der Waals surface area (Å²) in [5, 5.41) is 2.48. The van der Waals surface area contributed by atoms with Crippen molar-refractivity contribution in [3.8, 4) is 5.75 Å². The molecule has 2 amide bonds. The van der Waals surface area contributed by atoms with Crippen LogP contribution in [0.2, 0.25) is 5.02 Å². The lowest BCUT2D eigenvalue weighted by molar-refractivity contribution is -0.140. The highest BCUT2D eigenvalue weighted by atomic mass is 35.5. The molecule has 0 spiro atoms. The lowest BCUT2D eigenvalue weighted by Crippen LogP contribution is -2.54. The molecule has 1 N–H and O–H groups in total. The highest BCUT2D eigenvalue weighted by Gasteiger charge is 2.35. The molecule has 1 atom stereocenters. The highest BCUT2D eigenvalue weighted by Crippen LogP contribution is 2.36. The minimum atomic E-state index is -4.77. The molecule has 0 aromatic heterocycles. The van der Waals surface area contributed by atoms with Crippen LogP contribution in [-0.4, -0.2) is 56.6 Å².